The van der Waals surface area contributed by atoms with Gasteiger partial charge in [0, 0.05) is 17.7 Å². The van der Waals surface area contributed by atoms with E-state index in [-0.39, 0.29) is 23.2 Å². The van der Waals surface area contributed by atoms with Crippen molar-refractivity contribution in [3.8, 4) is 0 Å². The van der Waals surface area contributed by atoms with E-state index in [1.165, 1.54) is 35.2 Å². The molecule has 156 valence electrons. The van der Waals surface area contributed by atoms with Crippen molar-refractivity contribution < 1.29 is 23.5 Å². The lowest BCUT2D eigenvalue weighted by atomic mass is 9.95. The smallest absolute Gasteiger partial charge is 0.295 e. The van der Waals surface area contributed by atoms with E-state index < -0.39 is 35.1 Å². The quantitative estimate of drug-likeness (QED) is 0.373. The fraction of sp³-hybridized carbons (Fsp3) is 0.120. The third kappa shape index (κ3) is 3.97. The molecule has 1 heterocycles. The lowest BCUT2D eigenvalue weighted by molar-refractivity contribution is -0.139. The molecule has 6 heteroatoms. The maximum atomic E-state index is 14.7. The zero-order valence-corrected chi connectivity index (χ0v) is 16.5. The van der Waals surface area contributed by atoms with Gasteiger partial charge in [-0.1, -0.05) is 48.5 Å². The Morgan fingerprint density at radius 2 is 1.52 bits per heavy atom. The normalized spacial score (nSPS) is 17.9. The number of aliphatic hydroxyl groups is 1. The van der Waals surface area contributed by atoms with Gasteiger partial charge in [0.25, 0.3) is 11.7 Å². The fourth-order valence-corrected chi connectivity index (χ4v) is 3.79. The molecule has 0 aliphatic carbocycles. The van der Waals surface area contributed by atoms with Crippen LogP contribution in [0.4, 0.5) is 8.78 Å². The Kier molecular flexibility index (Phi) is 5.62. The molecule has 1 fully saturated rings. The molecule has 31 heavy (non-hydrogen) atoms. The minimum atomic E-state index is -1.09. The van der Waals surface area contributed by atoms with Gasteiger partial charge in [0.1, 0.15) is 17.4 Å². The molecule has 1 amide bonds. The van der Waals surface area contributed by atoms with Crippen LogP contribution in [0.2, 0.25) is 0 Å². The topological polar surface area (TPSA) is 57.6 Å². The molecule has 0 spiro atoms. The molecule has 4 rings (SSSR count). The van der Waals surface area contributed by atoms with Gasteiger partial charge in [-0.15, -0.1) is 0 Å². The van der Waals surface area contributed by atoms with Gasteiger partial charge in [-0.25, -0.2) is 8.78 Å². The summed E-state index contributed by atoms with van der Waals surface area (Å²) >= 11 is 0. The predicted octanol–water partition coefficient (Wildman–Crippen LogP) is 4.63. The van der Waals surface area contributed by atoms with Gasteiger partial charge in [0.2, 0.25) is 0 Å². The van der Waals surface area contributed by atoms with Crippen molar-refractivity contribution in [2.75, 3.05) is 6.54 Å². The number of carbonyl (C=O) groups is 2. The molecule has 0 bridgehead atoms. The first-order valence-corrected chi connectivity index (χ1v) is 9.80. The number of Topliss-reactive ketones (excluding diaryl/α,β-unsaturated/α-hetero) is 1. The number of rotatable bonds is 5. The van der Waals surface area contributed by atoms with Crippen molar-refractivity contribution in [3.63, 3.8) is 0 Å². The number of benzene rings is 3. The molecule has 3 aromatic carbocycles. The van der Waals surface area contributed by atoms with E-state index in [2.05, 4.69) is 0 Å². The van der Waals surface area contributed by atoms with Crippen molar-refractivity contribution in [1.82, 2.24) is 4.90 Å². The first-order valence-electron chi connectivity index (χ1n) is 9.80. The Morgan fingerprint density at radius 3 is 2.19 bits per heavy atom. The number of aliphatic hydroxyl groups excluding tert-OH is 1. The number of hydrogen-bond donors (Lipinski definition) is 1. The van der Waals surface area contributed by atoms with Gasteiger partial charge in [-0.05, 0) is 42.3 Å². The molecule has 0 aromatic heterocycles. The van der Waals surface area contributed by atoms with Crippen LogP contribution in [0.5, 0.6) is 0 Å². The molecule has 1 unspecified atom stereocenters. The molecule has 1 aliphatic heterocycles. The van der Waals surface area contributed by atoms with Crippen LogP contribution >= 0.6 is 0 Å². The van der Waals surface area contributed by atoms with E-state index in [0.29, 0.717) is 6.42 Å². The second-order valence-electron chi connectivity index (χ2n) is 7.26. The fourth-order valence-electron chi connectivity index (χ4n) is 3.79. The minimum Gasteiger partial charge on any atom is -0.507 e. The van der Waals surface area contributed by atoms with Crippen LogP contribution in [0.25, 0.3) is 5.76 Å². The number of carbonyl (C=O) groups excluding carboxylic acids is 2. The van der Waals surface area contributed by atoms with Crippen molar-refractivity contribution in [3.05, 3.63) is 113 Å². The highest BCUT2D eigenvalue weighted by Gasteiger charge is 2.46. The number of amides is 1. The van der Waals surface area contributed by atoms with E-state index in [1.807, 2.05) is 30.3 Å². The summed E-state index contributed by atoms with van der Waals surface area (Å²) in [6.45, 7) is 0.161. The molecule has 1 aliphatic rings. The lowest BCUT2D eigenvalue weighted by Crippen LogP contribution is -2.32. The number of nitrogens with zero attached hydrogens (tertiary/aromatic N) is 1. The van der Waals surface area contributed by atoms with E-state index in [4.69, 9.17) is 0 Å². The molecule has 0 saturated carbocycles. The Morgan fingerprint density at radius 1 is 0.871 bits per heavy atom. The second kappa shape index (κ2) is 8.52. The van der Waals surface area contributed by atoms with Gasteiger partial charge in [0.05, 0.1) is 11.6 Å². The molecular weight excluding hydrogens is 400 g/mol. The van der Waals surface area contributed by atoms with Crippen molar-refractivity contribution in [2.45, 2.75) is 12.5 Å². The number of hydrogen-bond acceptors (Lipinski definition) is 3. The van der Waals surface area contributed by atoms with Gasteiger partial charge in [-0.2, -0.15) is 0 Å². The van der Waals surface area contributed by atoms with E-state index in [0.717, 1.165) is 17.7 Å². The van der Waals surface area contributed by atoms with Crippen LogP contribution in [0.3, 0.4) is 0 Å². The van der Waals surface area contributed by atoms with E-state index >= 15 is 0 Å². The summed E-state index contributed by atoms with van der Waals surface area (Å²) in [4.78, 5) is 27.0. The van der Waals surface area contributed by atoms with Crippen LogP contribution < -0.4 is 0 Å². The highest BCUT2D eigenvalue weighted by atomic mass is 19.1. The Bertz CT molecular complexity index is 1160. The zero-order chi connectivity index (χ0) is 22.0. The average Bonchev–Trinajstić information content (AvgIpc) is 3.03. The Labute approximate surface area is 178 Å². The molecule has 1 N–H and O–H groups in total. The SMILES string of the molecule is O=C1C(=O)N(CCc2ccccc2)C(c2ccccc2F)/C1=C(\O)c1ccc(F)cc1. The van der Waals surface area contributed by atoms with Crippen molar-refractivity contribution in [1.29, 1.82) is 0 Å². The third-order valence-electron chi connectivity index (χ3n) is 5.34. The van der Waals surface area contributed by atoms with Gasteiger partial charge < -0.3 is 10.0 Å². The maximum Gasteiger partial charge on any atom is 0.295 e. The molecule has 0 radical (unpaired) electrons. The Hall–Kier alpha value is -3.80. The van der Waals surface area contributed by atoms with E-state index in [9.17, 15) is 23.5 Å². The number of halogens is 2. The van der Waals surface area contributed by atoms with Crippen LogP contribution in [0, 0.1) is 11.6 Å². The van der Waals surface area contributed by atoms with Crippen molar-refractivity contribution >= 4 is 17.4 Å². The van der Waals surface area contributed by atoms with Gasteiger partial charge in [-0.3, -0.25) is 9.59 Å². The summed E-state index contributed by atoms with van der Waals surface area (Å²) in [5.74, 6) is -3.28. The summed E-state index contributed by atoms with van der Waals surface area (Å²) in [5, 5.41) is 10.9. The molecular formula is C25H19F2NO3. The summed E-state index contributed by atoms with van der Waals surface area (Å²) in [5.41, 5.74) is 1.02. The van der Waals surface area contributed by atoms with Crippen LogP contribution in [0.15, 0.2) is 84.4 Å². The second-order valence-corrected chi connectivity index (χ2v) is 7.26. The molecule has 1 saturated heterocycles. The summed E-state index contributed by atoms with van der Waals surface area (Å²) < 4.78 is 28.0. The summed E-state index contributed by atoms with van der Waals surface area (Å²) in [6, 6.07) is 19.0. The van der Waals surface area contributed by atoms with Crippen LogP contribution in [-0.4, -0.2) is 28.2 Å². The molecule has 1 atom stereocenters. The average molecular weight is 419 g/mol. The predicted molar refractivity (Wildman–Crippen MR) is 112 cm³/mol. The summed E-state index contributed by atoms with van der Waals surface area (Å²) in [7, 11) is 0. The van der Waals surface area contributed by atoms with Gasteiger partial charge >= 0.3 is 0 Å². The van der Waals surface area contributed by atoms with E-state index in [1.54, 1.807) is 6.07 Å². The Balaban J connectivity index is 1.80. The standard InChI is InChI=1S/C25H19F2NO3/c26-18-12-10-17(11-13-18)23(29)21-22(19-8-4-5-9-20(19)27)28(25(31)24(21)30)15-14-16-6-2-1-3-7-16/h1-13,22,29H,14-15H2/b23-21+. The van der Waals surface area contributed by atoms with Crippen LogP contribution in [-0.2, 0) is 16.0 Å². The largest absolute Gasteiger partial charge is 0.507 e. The van der Waals surface area contributed by atoms with Crippen LogP contribution in [0.1, 0.15) is 22.7 Å². The number of ketones is 1. The first-order chi connectivity index (χ1) is 15.0. The highest BCUT2D eigenvalue weighted by Crippen LogP contribution is 2.40. The molecule has 4 nitrogen and oxygen atoms in total. The zero-order valence-electron chi connectivity index (χ0n) is 16.5. The first kappa shape index (κ1) is 20.5. The molecule has 3 aromatic rings. The lowest BCUT2D eigenvalue weighted by Gasteiger charge is -2.25. The third-order valence-corrected chi connectivity index (χ3v) is 5.34. The van der Waals surface area contributed by atoms with Crippen molar-refractivity contribution in [2.24, 2.45) is 0 Å². The maximum absolute atomic E-state index is 14.7. The monoisotopic (exact) mass is 419 g/mol. The summed E-state index contributed by atoms with van der Waals surface area (Å²) in [6.07, 6.45) is 0.454. The van der Waals surface area contributed by atoms with Gasteiger partial charge in [0.15, 0.2) is 0 Å². The highest BCUT2D eigenvalue weighted by molar-refractivity contribution is 6.46. The minimum absolute atomic E-state index is 0.110. The number of likely N-dealkylation sites (tertiary alicyclic amines) is 1.